The molecule has 0 saturated carbocycles. The van der Waals surface area contributed by atoms with E-state index in [1.54, 1.807) is 12.1 Å². The molecule has 156 valence electrons. The average Bonchev–Trinajstić information content (AvgIpc) is 3.45. The molecule has 3 atom stereocenters. The molecule has 9 heteroatoms. The van der Waals surface area contributed by atoms with Gasteiger partial charge in [-0.05, 0) is 31.4 Å². The smallest absolute Gasteiger partial charge is 0.344 e. The molecule has 0 bridgehead atoms. The van der Waals surface area contributed by atoms with Crippen LogP contribution in [0.1, 0.15) is 47.8 Å². The maximum Gasteiger partial charge on any atom is 0.344 e. The lowest BCUT2D eigenvalue weighted by atomic mass is 10.1. The molecule has 3 heterocycles. The van der Waals surface area contributed by atoms with E-state index in [1.807, 2.05) is 0 Å². The van der Waals surface area contributed by atoms with Crippen LogP contribution in [0.5, 0.6) is 11.5 Å². The summed E-state index contributed by atoms with van der Waals surface area (Å²) in [4.78, 5) is 39.3. The number of ether oxygens (including phenoxy) is 4. The number of benzene rings is 1. The first-order chi connectivity index (χ1) is 14.0. The third-order valence-corrected chi connectivity index (χ3v) is 5.61. The molecule has 1 aromatic carbocycles. The molecule has 0 aromatic heterocycles. The van der Waals surface area contributed by atoms with E-state index in [4.69, 9.17) is 18.9 Å². The minimum absolute atomic E-state index is 0.00580. The molecule has 1 N–H and O–H groups in total. The molecule has 3 aliphatic heterocycles. The first-order valence-corrected chi connectivity index (χ1v) is 9.71. The predicted molar refractivity (Wildman–Crippen MR) is 99.6 cm³/mol. The zero-order valence-corrected chi connectivity index (χ0v) is 16.4. The second-order valence-electron chi connectivity index (χ2n) is 7.26. The van der Waals surface area contributed by atoms with Crippen LogP contribution in [0.3, 0.4) is 0 Å². The summed E-state index contributed by atoms with van der Waals surface area (Å²) < 4.78 is 21.6. The lowest BCUT2D eigenvalue weighted by Crippen LogP contribution is -2.47. The Kier molecular flexibility index (Phi) is 5.31. The van der Waals surface area contributed by atoms with Gasteiger partial charge in [-0.2, -0.15) is 0 Å². The number of nitrogens with zero attached hydrogens (tertiary/aromatic N) is 1. The Bertz CT molecular complexity index is 834. The molecule has 2 saturated heterocycles. The quantitative estimate of drug-likeness (QED) is 0.710. The topological polar surface area (TPSA) is 103 Å². The summed E-state index contributed by atoms with van der Waals surface area (Å²) in [5.74, 6) is -0.469. The summed E-state index contributed by atoms with van der Waals surface area (Å²) >= 11 is 0. The maximum absolute atomic E-state index is 12.8. The number of hydrogen-bond donors (Lipinski definition) is 1. The molecule has 0 unspecified atom stereocenters. The van der Waals surface area contributed by atoms with Crippen molar-refractivity contribution in [2.45, 2.75) is 44.1 Å². The Morgan fingerprint density at radius 1 is 1.24 bits per heavy atom. The van der Waals surface area contributed by atoms with Crippen molar-refractivity contribution in [1.82, 2.24) is 10.2 Å². The highest BCUT2D eigenvalue weighted by Crippen LogP contribution is 2.45. The number of likely N-dealkylation sites (tertiary alicyclic amines) is 1. The molecule has 0 spiro atoms. The van der Waals surface area contributed by atoms with E-state index in [1.165, 1.54) is 19.1 Å². The second-order valence-corrected chi connectivity index (χ2v) is 7.26. The highest BCUT2D eigenvalue weighted by molar-refractivity contribution is 5.99. The Balaban J connectivity index is 1.58. The molecule has 0 radical (unpaired) electrons. The van der Waals surface area contributed by atoms with Gasteiger partial charge in [-0.3, -0.25) is 14.5 Å². The van der Waals surface area contributed by atoms with E-state index in [9.17, 15) is 14.4 Å². The second kappa shape index (κ2) is 7.90. The summed E-state index contributed by atoms with van der Waals surface area (Å²) in [6, 6.07) is 2.61. The fraction of sp³-hybridized carbons (Fsp3) is 0.550. The van der Waals surface area contributed by atoms with E-state index in [0.29, 0.717) is 30.9 Å². The van der Waals surface area contributed by atoms with E-state index in [0.717, 1.165) is 12.8 Å². The van der Waals surface area contributed by atoms with Crippen molar-refractivity contribution in [3.63, 3.8) is 0 Å². The van der Waals surface area contributed by atoms with Crippen molar-refractivity contribution in [1.29, 1.82) is 0 Å². The van der Waals surface area contributed by atoms with Crippen molar-refractivity contribution in [3.8, 4) is 11.5 Å². The van der Waals surface area contributed by atoms with Crippen molar-refractivity contribution in [3.05, 3.63) is 23.3 Å². The van der Waals surface area contributed by atoms with Gasteiger partial charge in [0.05, 0.1) is 20.3 Å². The number of fused-ring (bicyclic) bond motifs is 1. The molecule has 9 nitrogen and oxygen atoms in total. The van der Waals surface area contributed by atoms with Crippen LogP contribution in [-0.2, 0) is 19.1 Å². The van der Waals surface area contributed by atoms with Gasteiger partial charge in [-0.15, -0.1) is 0 Å². The molecular formula is C20H24N2O7. The number of methoxy groups -OCH3 is 2. The lowest BCUT2D eigenvalue weighted by Gasteiger charge is -2.29. The highest BCUT2D eigenvalue weighted by atomic mass is 16.6. The fourth-order valence-electron chi connectivity index (χ4n) is 4.18. The minimum atomic E-state index is -0.967. The Labute approximate surface area is 168 Å². The van der Waals surface area contributed by atoms with Crippen LogP contribution in [0.15, 0.2) is 12.1 Å². The van der Waals surface area contributed by atoms with Gasteiger partial charge in [0.2, 0.25) is 18.0 Å². The number of rotatable bonds is 6. The summed E-state index contributed by atoms with van der Waals surface area (Å²) in [5, 5.41) is 2.87. The summed E-state index contributed by atoms with van der Waals surface area (Å²) in [6.45, 7) is 1.11. The largest absolute Gasteiger partial charge is 0.493 e. The molecule has 1 aromatic rings. The average molecular weight is 404 g/mol. The zero-order chi connectivity index (χ0) is 20.5. The van der Waals surface area contributed by atoms with Gasteiger partial charge in [-0.25, -0.2) is 4.79 Å². The SMILES string of the molecule is COc1ccc2c(c1OC)C(=O)O[C@@H]2N1C(=O)CC[C@@H]1C(=O)NC[C@@H]1CCCO1. The van der Waals surface area contributed by atoms with E-state index < -0.39 is 18.2 Å². The van der Waals surface area contributed by atoms with Gasteiger partial charge in [0.1, 0.15) is 11.6 Å². The van der Waals surface area contributed by atoms with Crippen molar-refractivity contribution in [2.75, 3.05) is 27.4 Å². The number of amides is 2. The predicted octanol–water partition coefficient (Wildman–Crippen LogP) is 1.16. The number of carbonyl (C=O) groups excluding carboxylic acids is 3. The maximum atomic E-state index is 12.8. The summed E-state index contributed by atoms with van der Waals surface area (Å²) in [6.07, 6.45) is 1.51. The lowest BCUT2D eigenvalue weighted by molar-refractivity contribution is -0.145. The van der Waals surface area contributed by atoms with Crippen molar-refractivity contribution >= 4 is 17.8 Å². The minimum Gasteiger partial charge on any atom is -0.493 e. The van der Waals surface area contributed by atoms with Crippen LogP contribution in [0.25, 0.3) is 0 Å². The van der Waals surface area contributed by atoms with Crippen molar-refractivity contribution in [2.24, 2.45) is 0 Å². The van der Waals surface area contributed by atoms with E-state index in [-0.39, 0.29) is 35.7 Å². The summed E-state index contributed by atoms with van der Waals surface area (Å²) in [5.41, 5.74) is 0.704. The third-order valence-electron chi connectivity index (χ3n) is 5.61. The Morgan fingerprint density at radius 3 is 2.76 bits per heavy atom. The zero-order valence-electron chi connectivity index (χ0n) is 16.4. The first kappa shape index (κ1) is 19.5. The van der Waals surface area contributed by atoms with E-state index in [2.05, 4.69) is 5.32 Å². The van der Waals surface area contributed by atoms with Gasteiger partial charge in [0.25, 0.3) is 0 Å². The molecule has 2 amide bonds. The van der Waals surface area contributed by atoms with Crippen molar-refractivity contribution < 1.29 is 33.3 Å². The van der Waals surface area contributed by atoms with Gasteiger partial charge in [0, 0.05) is 25.1 Å². The highest BCUT2D eigenvalue weighted by Gasteiger charge is 2.47. The van der Waals surface area contributed by atoms with Crippen LogP contribution in [0.4, 0.5) is 0 Å². The van der Waals surface area contributed by atoms with Crippen LogP contribution >= 0.6 is 0 Å². The molecular weight excluding hydrogens is 380 g/mol. The van der Waals surface area contributed by atoms with Crippen LogP contribution in [0, 0.1) is 0 Å². The number of carbonyl (C=O) groups is 3. The van der Waals surface area contributed by atoms with Crippen LogP contribution < -0.4 is 14.8 Å². The molecule has 3 aliphatic rings. The van der Waals surface area contributed by atoms with Gasteiger partial charge >= 0.3 is 5.97 Å². The van der Waals surface area contributed by atoms with Gasteiger partial charge in [0.15, 0.2) is 11.5 Å². The first-order valence-electron chi connectivity index (χ1n) is 9.71. The molecule has 29 heavy (non-hydrogen) atoms. The number of hydrogen-bond acceptors (Lipinski definition) is 7. The third kappa shape index (κ3) is 3.39. The molecule has 4 rings (SSSR count). The standard InChI is InChI=1S/C20H24N2O7/c1-26-14-7-5-12-16(17(14)27-2)20(25)29-19(12)22-13(6-8-15(22)23)18(24)21-10-11-4-3-9-28-11/h5,7,11,13,19H,3-4,6,8-10H2,1-2H3,(H,21,24)/t11-,13+,19-/m0/s1. The number of cyclic esters (lactones) is 1. The molecule has 0 aliphatic carbocycles. The Hall–Kier alpha value is -2.81. The fourth-order valence-corrected chi connectivity index (χ4v) is 4.18. The molecule has 2 fully saturated rings. The number of nitrogens with one attached hydrogen (secondary N) is 1. The monoisotopic (exact) mass is 404 g/mol. The van der Waals surface area contributed by atoms with E-state index >= 15 is 0 Å². The normalized spacial score (nSPS) is 25.7. The van der Waals surface area contributed by atoms with Crippen LogP contribution in [-0.4, -0.2) is 62.2 Å². The van der Waals surface area contributed by atoms with Gasteiger partial charge < -0.3 is 24.3 Å². The van der Waals surface area contributed by atoms with Gasteiger partial charge in [-0.1, -0.05) is 0 Å². The summed E-state index contributed by atoms with van der Waals surface area (Å²) in [7, 11) is 2.90. The number of esters is 1. The Morgan fingerprint density at radius 2 is 2.07 bits per heavy atom. The van der Waals surface area contributed by atoms with Crippen LogP contribution in [0.2, 0.25) is 0 Å².